The van der Waals surface area contributed by atoms with Gasteiger partial charge in [-0.25, -0.2) is 8.42 Å². The lowest BCUT2D eigenvalue weighted by Gasteiger charge is -2.34. The van der Waals surface area contributed by atoms with E-state index < -0.39 is 22.0 Å². The van der Waals surface area contributed by atoms with Crippen molar-refractivity contribution >= 4 is 44.8 Å². The monoisotopic (exact) mass is 476 g/mol. The zero-order chi connectivity index (χ0) is 22.0. The van der Waals surface area contributed by atoms with Gasteiger partial charge in [0.25, 0.3) is 15.9 Å². The number of ether oxygens (including phenoxy) is 1. The van der Waals surface area contributed by atoms with Crippen LogP contribution in [0, 0.1) is 0 Å². The van der Waals surface area contributed by atoms with Crippen molar-refractivity contribution in [2.45, 2.75) is 17.5 Å². The number of carbonyl (C=O) groups excluding carboxylic acids is 1. The van der Waals surface area contributed by atoms with Gasteiger partial charge in [-0.1, -0.05) is 53.5 Å². The van der Waals surface area contributed by atoms with Gasteiger partial charge in [0, 0.05) is 16.6 Å². The molecule has 160 valence electrons. The van der Waals surface area contributed by atoms with Crippen molar-refractivity contribution in [3.05, 3.63) is 88.4 Å². The van der Waals surface area contributed by atoms with Crippen molar-refractivity contribution in [2.75, 3.05) is 10.8 Å². The molecular formula is C22H18Cl2N2O4S. The molecule has 0 aliphatic carbocycles. The van der Waals surface area contributed by atoms with Crippen LogP contribution < -0.4 is 14.4 Å². The van der Waals surface area contributed by atoms with E-state index in [1.807, 2.05) is 6.07 Å². The molecule has 1 N–H and O–H groups in total. The van der Waals surface area contributed by atoms with Crippen molar-refractivity contribution in [2.24, 2.45) is 0 Å². The summed E-state index contributed by atoms with van der Waals surface area (Å²) in [6.07, 6.45) is -1.03. The molecule has 1 atom stereocenters. The molecule has 31 heavy (non-hydrogen) atoms. The van der Waals surface area contributed by atoms with E-state index in [4.69, 9.17) is 27.9 Å². The fraction of sp³-hybridized carbons (Fsp3) is 0.136. The summed E-state index contributed by atoms with van der Waals surface area (Å²) < 4.78 is 33.7. The first-order valence-corrected chi connectivity index (χ1v) is 11.6. The van der Waals surface area contributed by atoms with Gasteiger partial charge in [-0.15, -0.1) is 0 Å². The second kappa shape index (κ2) is 8.78. The minimum Gasteiger partial charge on any atom is -0.476 e. The van der Waals surface area contributed by atoms with Crippen LogP contribution in [0.2, 0.25) is 10.0 Å². The third-order valence-electron chi connectivity index (χ3n) is 4.84. The first-order chi connectivity index (χ1) is 14.9. The average Bonchev–Trinajstić information content (AvgIpc) is 2.78. The molecule has 3 aromatic carbocycles. The van der Waals surface area contributed by atoms with Crippen molar-refractivity contribution in [1.82, 2.24) is 5.32 Å². The van der Waals surface area contributed by atoms with Gasteiger partial charge in [-0.2, -0.15) is 0 Å². The maximum Gasteiger partial charge on any atom is 0.264 e. The number of anilines is 1. The fourth-order valence-electron chi connectivity index (χ4n) is 3.24. The van der Waals surface area contributed by atoms with Crippen molar-refractivity contribution in [3.8, 4) is 5.75 Å². The summed E-state index contributed by atoms with van der Waals surface area (Å²) in [5.74, 6) is -0.130. The number of hydrogen-bond acceptors (Lipinski definition) is 4. The summed E-state index contributed by atoms with van der Waals surface area (Å²) in [5, 5.41) is 3.73. The van der Waals surface area contributed by atoms with E-state index in [9.17, 15) is 13.2 Å². The van der Waals surface area contributed by atoms with Crippen LogP contribution in [0.15, 0.2) is 77.7 Å². The highest BCUT2D eigenvalue weighted by Crippen LogP contribution is 2.37. The quantitative estimate of drug-likeness (QED) is 0.596. The van der Waals surface area contributed by atoms with Gasteiger partial charge < -0.3 is 10.1 Å². The zero-order valence-electron chi connectivity index (χ0n) is 16.2. The Morgan fingerprint density at radius 3 is 2.42 bits per heavy atom. The van der Waals surface area contributed by atoms with Crippen molar-refractivity contribution < 1.29 is 17.9 Å². The lowest BCUT2D eigenvalue weighted by Crippen LogP contribution is -2.50. The highest BCUT2D eigenvalue weighted by molar-refractivity contribution is 7.92. The Labute approximate surface area is 190 Å². The lowest BCUT2D eigenvalue weighted by atomic mass is 10.2. The molecule has 0 saturated heterocycles. The zero-order valence-corrected chi connectivity index (χ0v) is 18.5. The molecule has 4 rings (SSSR count). The van der Waals surface area contributed by atoms with Crippen LogP contribution in [0.4, 0.5) is 5.69 Å². The number of amides is 1. The van der Waals surface area contributed by atoms with E-state index in [1.54, 1.807) is 42.5 Å². The number of benzene rings is 3. The molecule has 3 aromatic rings. The summed E-state index contributed by atoms with van der Waals surface area (Å²) in [4.78, 5) is 12.9. The van der Waals surface area contributed by atoms with E-state index in [2.05, 4.69) is 5.32 Å². The van der Waals surface area contributed by atoms with Crippen LogP contribution in [0.1, 0.15) is 5.56 Å². The Morgan fingerprint density at radius 1 is 1.00 bits per heavy atom. The summed E-state index contributed by atoms with van der Waals surface area (Å²) in [6, 6.07) is 19.7. The molecule has 9 heteroatoms. The van der Waals surface area contributed by atoms with Gasteiger partial charge in [-0.05, 0) is 48.0 Å². The smallest absolute Gasteiger partial charge is 0.264 e. The average molecular weight is 477 g/mol. The molecule has 0 aromatic heterocycles. The van der Waals surface area contributed by atoms with Crippen molar-refractivity contribution in [1.29, 1.82) is 0 Å². The Morgan fingerprint density at radius 2 is 1.68 bits per heavy atom. The van der Waals surface area contributed by atoms with E-state index in [0.29, 0.717) is 21.5 Å². The molecule has 0 radical (unpaired) electrons. The molecule has 0 saturated carbocycles. The van der Waals surface area contributed by atoms with Crippen LogP contribution >= 0.6 is 23.2 Å². The number of nitrogens with one attached hydrogen (secondary N) is 1. The standard InChI is InChI=1S/C22H18Cl2N2O4S/c23-16-9-11-17(12-10-16)31(28,29)26-14-21(30-20-8-4-3-7-19(20)26)22(27)25-13-15-5-1-2-6-18(15)24/h1-12,21H,13-14H2,(H,25,27). The first kappa shape index (κ1) is 21.5. The third-order valence-corrected chi connectivity index (χ3v) is 7.25. The van der Waals surface area contributed by atoms with Crippen LogP contribution in [0.25, 0.3) is 0 Å². The van der Waals surface area contributed by atoms with E-state index in [0.717, 1.165) is 5.56 Å². The lowest BCUT2D eigenvalue weighted by molar-refractivity contribution is -0.127. The van der Waals surface area contributed by atoms with Gasteiger partial charge in [0.1, 0.15) is 5.75 Å². The normalized spacial score (nSPS) is 15.7. The first-order valence-electron chi connectivity index (χ1n) is 9.41. The minimum absolute atomic E-state index is 0.0730. The van der Waals surface area contributed by atoms with E-state index in [-0.39, 0.29) is 18.0 Å². The maximum absolute atomic E-state index is 13.3. The molecule has 1 aliphatic rings. The topological polar surface area (TPSA) is 75.7 Å². The SMILES string of the molecule is O=C(NCc1ccccc1Cl)C1CN(S(=O)(=O)c2ccc(Cl)cc2)c2ccccc2O1. The molecule has 1 heterocycles. The van der Waals surface area contributed by atoms with Crippen LogP contribution in [0.5, 0.6) is 5.75 Å². The number of rotatable bonds is 5. The van der Waals surface area contributed by atoms with E-state index in [1.165, 1.54) is 28.6 Å². The predicted molar refractivity (Wildman–Crippen MR) is 120 cm³/mol. The molecule has 0 bridgehead atoms. The van der Waals surface area contributed by atoms with Gasteiger partial charge >= 0.3 is 0 Å². The van der Waals surface area contributed by atoms with Crippen LogP contribution in [-0.4, -0.2) is 27.0 Å². The number of hydrogen-bond donors (Lipinski definition) is 1. The largest absolute Gasteiger partial charge is 0.476 e. The molecule has 0 spiro atoms. The van der Waals surface area contributed by atoms with Gasteiger partial charge in [-0.3, -0.25) is 9.10 Å². The predicted octanol–water partition coefficient (Wildman–Crippen LogP) is 4.27. The van der Waals surface area contributed by atoms with Gasteiger partial charge in [0.05, 0.1) is 17.1 Å². The van der Waals surface area contributed by atoms with Crippen LogP contribution in [0.3, 0.4) is 0 Å². The van der Waals surface area contributed by atoms with Crippen LogP contribution in [-0.2, 0) is 21.4 Å². The summed E-state index contributed by atoms with van der Waals surface area (Å²) in [6.45, 7) is 0.0281. The molecule has 1 amide bonds. The number of fused-ring (bicyclic) bond motifs is 1. The molecule has 6 nitrogen and oxygen atoms in total. The second-order valence-electron chi connectivity index (χ2n) is 6.87. The minimum atomic E-state index is -3.94. The highest BCUT2D eigenvalue weighted by atomic mass is 35.5. The van der Waals surface area contributed by atoms with E-state index >= 15 is 0 Å². The Hall–Kier alpha value is -2.74. The summed E-state index contributed by atoms with van der Waals surface area (Å²) in [5.41, 5.74) is 1.12. The Bertz CT molecular complexity index is 1220. The number of halogens is 2. The molecular weight excluding hydrogens is 459 g/mol. The number of nitrogens with zero attached hydrogens (tertiary/aromatic N) is 1. The maximum atomic E-state index is 13.3. The fourth-order valence-corrected chi connectivity index (χ4v) is 5.04. The molecule has 1 aliphatic heterocycles. The Kier molecular flexibility index (Phi) is 6.09. The molecule has 0 fully saturated rings. The number of sulfonamides is 1. The second-order valence-corrected chi connectivity index (χ2v) is 9.58. The third kappa shape index (κ3) is 4.49. The Balaban J connectivity index is 1.60. The number of carbonyl (C=O) groups is 1. The van der Waals surface area contributed by atoms with Gasteiger partial charge in [0.15, 0.2) is 6.10 Å². The summed E-state index contributed by atoms with van der Waals surface area (Å²) >= 11 is 12.0. The van der Waals surface area contributed by atoms with Crippen molar-refractivity contribution in [3.63, 3.8) is 0 Å². The highest BCUT2D eigenvalue weighted by Gasteiger charge is 2.37. The van der Waals surface area contributed by atoms with Gasteiger partial charge in [0.2, 0.25) is 0 Å². The molecule has 1 unspecified atom stereocenters. The summed E-state index contributed by atoms with van der Waals surface area (Å²) in [7, 11) is -3.94. The number of para-hydroxylation sites is 2.